The highest BCUT2D eigenvalue weighted by atomic mass is 32.2. The maximum Gasteiger partial charge on any atom is 0.243 e. The highest BCUT2D eigenvalue weighted by Crippen LogP contribution is 2.10. The summed E-state index contributed by atoms with van der Waals surface area (Å²) in [7, 11) is -2.01. The Morgan fingerprint density at radius 2 is 2.21 bits per heavy atom. The van der Waals surface area contributed by atoms with E-state index in [1.54, 1.807) is 25.6 Å². The van der Waals surface area contributed by atoms with Crippen molar-refractivity contribution in [3.8, 4) is 0 Å². The van der Waals surface area contributed by atoms with Gasteiger partial charge in [0.15, 0.2) is 0 Å². The molecule has 110 valence electrons. The third kappa shape index (κ3) is 4.90. The largest absolute Gasteiger partial charge is 0.377 e. The van der Waals surface area contributed by atoms with Crippen molar-refractivity contribution in [1.82, 2.24) is 14.5 Å². The molecule has 1 aromatic rings. The summed E-state index contributed by atoms with van der Waals surface area (Å²) in [5, 5.41) is 4.00. The molecule has 0 saturated heterocycles. The Kier molecular flexibility index (Phi) is 5.48. The van der Waals surface area contributed by atoms with Crippen LogP contribution in [0.4, 0.5) is 0 Å². The average Bonchev–Trinajstić information content (AvgIpc) is 2.84. The quantitative estimate of drug-likeness (QED) is 0.698. The molecule has 0 saturated carbocycles. The van der Waals surface area contributed by atoms with Crippen LogP contribution in [0.15, 0.2) is 17.3 Å². The molecular formula is C11H22N4O3S. The Bertz CT molecular complexity index is 496. The molecule has 1 rings (SSSR count). The highest BCUT2D eigenvalue weighted by molar-refractivity contribution is 7.89. The van der Waals surface area contributed by atoms with E-state index in [1.807, 2.05) is 0 Å². The zero-order chi connectivity index (χ0) is 14.5. The lowest BCUT2D eigenvalue weighted by Gasteiger charge is -2.22. The zero-order valence-corrected chi connectivity index (χ0v) is 12.4. The van der Waals surface area contributed by atoms with E-state index >= 15 is 0 Å². The van der Waals surface area contributed by atoms with Crippen LogP contribution in [0.2, 0.25) is 0 Å². The molecular weight excluding hydrogens is 268 g/mol. The molecule has 0 aliphatic heterocycles. The molecule has 0 radical (unpaired) electrons. The standard InChI is InChI=1S/C11H22N4O3S/c1-11(2,18-3)9-14-19(16,17)10-7-13-15(8-10)6-4-5-12/h7-8,14H,4-6,9,12H2,1-3H3. The van der Waals surface area contributed by atoms with Crippen LogP contribution in [-0.2, 0) is 21.3 Å². The van der Waals surface area contributed by atoms with Crippen molar-refractivity contribution < 1.29 is 13.2 Å². The fourth-order valence-corrected chi connectivity index (χ4v) is 2.43. The molecule has 1 aromatic heterocycles. The maximum atomic E-state index is 12.0. The molecule has 0 atom stereocenters. The van der Waals surface area contributed by atoms with Crippen LogP contribution in [0.1, 0.15) is 20.3 Å². The van der Waals surface area contributed by atoms with Gasteiger partial charge in [0.1, 0.15) is 4.90 Å². The fraction of sp³-hybridized carbons (Fsp3) is 0.727. The summed E-state index contributed by atoms with van der Waals surface area (Å²) in [6, 6.07) is 0. The van der Waals surface area contributed by atoms with Crippen molar-refractivity contribution >= 4 is 10.0 Å². The Labute approximate surface area is 114 Å². The summed E-state index contributed by atoms with van der Waals surface area (Å²) in [6.07, 6.45) is 3.59. The molecule has 0 spiro atoms. The number of aromatic nitrogens is 2. The number of sulfonamides is 1. The van der Waals surface area contributed by atoms with Crippen molar-refractivity contribution in [1.29, 1.82) is 0 Å². The van der Waals surface area contributed by atoms with E-state index < -0.39 is 15.6 Å². The van der Waals surface area contributed by atoms with Crippen LogP contribution in [0.25, 0.3) is 0 Å². The summed E-state index contributed by atoms with van der Waals surface area (Å²) >= 11 is 0. The number of aryl methyl sites for hydroxylation is 1. The van der Waals surface area contributed by atoms with Gasteiger partial charge in [-0.05, 0) is 26.8 Å². The summed E-state index contributed by atoms with van der Waals surface area (Å²) in [6.45, 7) is 4.96. The van der Waals surface area contributed by atoms with Crippen LogP contribution >= 0.6 is 0 Å². The van der Waals surface area contributed by atoms with Crippen molar-refractivity contribution in [2.45, 2.75) is 37.3 Å². The third-order valence-corrected chi connectivity index (χ3v) is 4.11. The van der Waals surface area contributed by atoms with E-state index in [1.165, 1.54) is 12.4 Å². The van der Waals surface area contributed by atoms with E-state index in [0.717, 1.165) is 6.42 Å². The van der Waals surface area contributed by atoms with Gasteiger partial charge in [0.05, 0.1) is 11.8 Å². The van der Waals surface area contributed by atoms with E-state index in [-0.39, 0.29) is 11.4 Å². The number of rotatable bonds is 8. The molecule has 0 amide bonds. The number of ether oxygens (including phenoxy) is 1. The minimum Gasteiger partial charge on any atom is -0.377 e. The molecule has 3 N–H and O–H groups in total. The van der Waals surface area contributed by atoms with E-state index in [0.29, 0.717) is 13.1 Å². The number of nitrogens with zero attached hydrogens (tertiary/aromatic N) is 2. The molecule has 8 heteroatoms. The monoisotopic (exact) mass is 290 g/mol. The summed E-state index contributed by atoms with van der Waals surface area (Å²) in [5.74, 6) is 0. The van der Waals surface area contributed by atoms with E-state index in [9.17, 15) is 8.42 Å². The number of nitrogens with one attached hydrogen (secondary N) is 1. The van der Waals surface area contributed by atoms with Gasteiger partial charge in [0.25, 0.3) is 0 Å². The Morgan fingerprint density at radius 1 is 1.53 bits per heavy atom. The number of methoxy groups -OCH3 is 1. The second-order valence-corrected chi connectivity index (χ2v) is 6.64. The van der Waals surface area contributed by atoms with Gasteiger partial charge >= 0.3 is 0 Å². The van der Waals surface area contributed by atoms with Gasteiger partial charge in [-0.15, -0.1) is 0 Å². The first-order valence-electron chi connectivity index (χ1n) is 6.08. The first kappa shape index (κ1) is 16.1. The number of hydrogen-bond donors (Lipinski definition) is 2. The lowest BCUT2D eigenvalue weighted by molar-refractivity contribution is 0.0276. The molecule has 0 aliphatic rings. The lowest BCUT2D eigenvalue weighted by Crippen LogP contribution is -2.39. The fourth-order valence-electron chi connectivity index (χ4n) is 1.28. The normalized spacial score (nSPS) is 12.8. The third-order valence-electron chi connectivity index (χ3n) is 2.75. The average molecular weight is 290 g/mol. The predicted molar refractivity (Wildman–Crippen MR) is 72.2 cm³/mol. The van der Waals surface area contributed by atoms with Crippen LogP contribution in [-0.4, -0.2) is 44.0 Å². The Morgan fingerprint density at radius 3 is 2.79 bits per heavy atom. The molecule has 7 nitrogen and oxygen atoms in total. The van der Waals surface area contributed by atoms with Crippen LogP contribution in [0.5, 0.6) is 0 Å². The second kappa shape index (κ2) is 6.47. The summed E-state index contributed by atoms with van der Waals surface area (Å²) < 4.78 is 33.3. The molecule has 0 fully saturated rings. The Hall–Kier alpha value is -0.960. The van der Waals surface area contributed by atoms with Gasteiger partial charge in [-0.3, -0.25) is 4.68 Å². The van der Waals surface area contributed by atoms with Gasteiger partial charge in [-0.2, -0.15) is 5.10 Å². The van der Waals surface area contributed by atoms with Crippen molar-refractivity contribution in [2.75, 3.05) is 20.2 Å². The zero-order valence-electron chi connectivity index (χ0n) is 11.6. The van der Waals surface area contributed by atoms with Gasteiger partial charge < -0.3 is 10.5 Å². The van der Waals surface area contributed by atoms with Gasteiger partial charge in [-0.1, -0.05) is 0 Å². The van der Waals surface area contributed by atoms with Crippen LogP contribution in [0, 0.1) is 0 Å². The molecule has 0 aliphatic carbocycles. The van der Waals surface area contributed by atoms with Crippen molar-refractivity contribution in [2.24, 2.45) is 5.73 Å². The van der Waals surface area contributed by atoms with E-state index in [2.05, 4.69) is 9.82 Å². The first-order valence-corrected chi connectivity index (χ1v) is 7.56. The first-order chi connectivity index (χ1) is 8.80. The Balaban J connectivity index is 2.69. The smallest absolute Gasteiger partial charge is 0.243 e. The predicted octanol–water partition coefficient (Wildman–Crippen LogP) is -0.0648. The molecule has 0 unspecified atom stereocenters. The number of hydrogen-bond acceptors (Lipinski definition) is 5. The SMILES string of the molecule is COC(C)(C)CNS(=O)(=O)c1cnn(CCCN)c1. The lowest BCUT2D eigenvalue weighted by atomic mass is 10.1. The van der Waals surface area contributed by atoms with Crippen molar-refractivity contribution in [3.05, 3.63) is 12.4 Å². The second-order valence-electron chi connectivity index (χ2n) is 4.87. The molecule has 0 bridgehead atoms. The van der Waals surface area contributed by atoms with Crippen molar-refractivity contribution in [3.63, 3.8) is 0 Å². The van der Waals surface area contributed by atoms with E-state index in [4.69, 9.17) is 10.5 Å². The van der Waals surface area contributed by atoms with Gasteiger partial charge in [0, 0.05) is 26.4 Å². The minimum absolute atomic E-state index is 0.149. The summed E-state index contributed by atoms with van der Waals surface area (Å²) in [5.41, 5.74) is 4.84. The van der Waals surface area contributed by atoms with Crippen LogP contribution in [0.3, 0.4) is 0 Å². The van der Waals surface area contributed by atoms with Gasteiger partial charge in [-0.25, -0.2) is 13.1 Å². The van der Waals surface area contributed by atoms with Crippen LogP contribution < -0.4 is 10.5 Å². The van der Waals surface area contributed by atoms with Gasteiger partial charge in [0.2, 0.25) is 10.0 Å². The molecule has 19 heavy (non-hydrogen) atoms. The highest BCUT2D eigenvalue weighted by Gasteiger charge is 2.22. The maximum absolute atomic E-state index is 12.0. The minimum atomic E-state index is -3.55. The summed E-state index contributed by atoms with van der Waals surface area (Å²) in [4.78, 5) is 0.149. The molecule has 1 heterocycles. The topological polar surface area (TPSA) is 99.2 Å². The molecule has 0 aromatic carbocycles. The number of nitrogens with two attached hydrogens (primary N) is 1.